The van der Waals surface area contributed by atoms with Crippen molar-refractivity contribution in [2.24, 2.45) is 17.3 Å². The normalized spacial score (nSPS) is 41.3. The molecule has 0 bridgehead atoms. The first kappa shape index (κ1) is 6.38. The molecule has 2 aliphatic rings. The molecule has 2 rings (SSSR count). The van der Waals surface area contributed by atoms with Crippen LogP contribution in [0.5, 0.6) is 0 Å². The van der Waals surface area contributed by atoms with Gasteiger partial charge in [0.25, 0.3) is 0 Å². The Labute approximate surface area is 61.8 Å². The van der Waals surface area contributed by atoms with Crippen LogP contribution in [0.3, 0.4) is 0 Å². The summed E-state index contributed by atoms with van der Waals surface area (Å²) in [5, 5.41) is 0. The standard InChI is InChI=1S/C9H14O/c1-6(2)3-8(10)9-4-7(9)5-9/h6-7H,3-5H2,1-2H3. The fraction of sp³-hybridized carbons (Fsp3) is 0.889. The third kappa shape index (κ3) is 0.727. The Morgan fingerprint density at radius 1 is 1.60 bits per heavy atom. The number of Topliss-reactive ketones (excluding diaryl/α,β-unsaturated/α-hetero) is 1. The minimum Gasteiger partial charge on any atom is -0.299 e. The minimum absolute atomic E-state index is 0.268. The molecule has 0 saturated heterocycles. The molecule has 0 atom stereocenters. The van der Waals surface area contributed by atoms with Crippen molar-refractivity contribution in [1.82, 2.24) is 0 Å². The summed E-state index contributed by atoms with van der Waals surface area (Å²) in [4.78, 5) is 11.4. The van der Waals surface area contributed by atoms with Crippen LogP contribution in [0.4, 0.5) is 0 Å². The molecule has 0 spiro atoms. The van der Waals surface area contributed by atoms with Crippen LogP contribution >= 0.6 is 0 Å². The van der Waals surface area contributed by atoms with Gasteiger partial charge >= 0.3 is 0 Å². The predicted molar refractivity (Wildman–Crippen MR) is 39.6 cm³/mol. The van der Waals surface area contributed by atoms with Gasteiger partial charge in [0.15, 0.2) is 0 Å². The van der Waals surface area contributed by atoms with Gasteiger partial charge in [-0.2, -0.15) is 0 Å². The maximum absolute atomic E-state index is 11.4. The molecule has 1 nitrogen and oxygen atoms in total. The van der Waals surface area contributed by atoms with E-state index in [1.807, 2.05) is 0 Å². The maximum Gasteiger partial charge on any atom is 0.139 e. The molecular weight excluding hydrogens is 124 g/mol. The molecule has 0 radical (unpaired) electrons. The summed E-state index contributed by atoms with van der Waals surface area (Å²) < 4.78 is 0. The third-order valence-corrected chi connectivity index (χ3v) is 2.83. The molecule has 2 aliphatic carbocycles. The van der Waals surface area contributed by atoms with E-state index in [0.29, 0.717) is 11.7 Å². The zero-order chi connectivity index (χ0) is 7.35. The van der Waals surface area contributed by atoms with Gasteiger partial charge in [0.1, 0.15) is 5.78 Å². The van der Waals surface area contributed by atoms with Gasteiger partial charge in [0.05, 0.1) is 0 Å². The number of fused-ring (bicyclic) bond motifs is 1. The summed E-state index contributed by atoms with van der Waals surface area (Å²) in [6.07, 6.45) is 3.26. The molecule has 2 fully saturated rings. The van der Waals surface area contributed by atoms with Crippen molar-refractivity contribution in [3.8, 4) is 0 Å². The van der Waals surface area contributed by atoms with E-state index in [-0.39, 0.29) is 5.41 Å². The molecule has 56 valence electrons. The highest BCUT2D eigenvalue weighted by molar-refractivity contribution is 5.91. The summed E-state index contributed by atoms with van der Waals surface area (Å²) in [7, 11) is 0. The van der Waals surface area contributed by atoms with Gasteiger partial charge in [0.2, 0.25) is 0 Å². The van der Waals surface area contributed by atoms with Crippen molar-refractivity contribution in [3.05, 3.63) is 0 Å². The zero-order valence-electron chi connectivity index (χ0n) is 6.68. The van der Waals surface area contributed by atoms with Crippen LogP contribution < -0.4 is 0 Å². The number of rotatable bonds is 3. The van der Waals surface area contributed by atoms with Crippen LogP contribution in [0.25, 0.3) is 0 Å². The molecule has 10 heavy (non-hydrogen) atoms. The summed E-state index contributed by atoms with van der Waals surface area (Å²) in [5.41, 5.74) is 0.268. The minimum atomic E-state index is 0.268. The van der Waals surface area contributed by atoms with Crippen LogP contribution in [-0.4, -0.2) is 5.78 Å². The Morgan fingerprint density at radius 3 is 2.40 bits per heavy atom. The van der Waals surface area contributed by atoms with Crippen molar-refractivity contribution in [2.45, 2.75) is 33.1 Å². The first-order valence-electron chi connectivity index (χ1n) is 4.18. The molecule has 0 aromatic heterocycles. The number of carbonyl (C=O) groups is 1. The summed E-state index contributed by atoms with van der Waals surface area (Å²) >= 11 is 0. The van der Waals surface area contributed by atoms with Crippen molar-refractivity contribution in [3.63, 3.8) is 0 Å². The Balaban J connectivity index is 1.88. The first-order valence-corrected chi connectivity index (χ1v) is 4.18. The fourth-order valence-electron chi connectivity index (χ4n) is 1.73. The van der Waals surface area contributed by atoms with Crippen molar-refractivity contribution in [2.75, 3.05) is 0 Å². The number of hydrogen-bond acceptors (Lipinski definition) is 1. The van der Waals surface area contributed by atoms with Crippen molar-refractivity contribution < 1.29 is 4.79 Å². The van der Waals surface area contributed by atoms with E-state index in [2.05, 4.69) is 13.8 Å². The second-order valence-electron chi connectivity index (χ2n) is 4.28. The average molecular weight is 138 g/mol. The number of carbonyl (C=O) groups excluding carboxylic acids is 1. The van der Waals surface area contributed by atoms with Gasteiger partial charge in [-0.1, -0.05) is 13.8 Å². The summed E-state index contributed by atoms with van der Waals surface area (Å²) in [6.45, 7) is 4.24. The highest BCUT2D eigenvalue weighted by atomic mass is 16.1. The molecule has 0 amide bonds. The molecule has 0 aromatic carbocycles. The zero-order valence-corrected chi connectivity index (χ0v) is 6.68. The van der Waals surface area contributed by atoms with E-state index < -0.39 is 0 Å². The second kappa shape index (κ2) is 1.63. The molecule has 0 aromatic rings. The molecule has 0 heterocycles. The van der Waals surface area contributed by atoms with Gasteiger partial charge < -0.3 is 0 Å². The van der Waals surface area contributed by atoms with Crippen molar-refractivity contribution in [1.29, 1.82) is 0 Å². The van der Waals surface area contributed by atoms with Gasteiger partial charge in [-0.15, -0.1) is 0 Å². The summed E-state index contributed by atoms with van der Waals surface area (Å²) in [6, 6.07) is 0. The molecule has 0 N–H and O–H groups in total. The number of ketones is 1. The predicted octanol–water partition coefficient (Wildman–Crippen LogP) is 2.01. The van der Waals surface area contributed by atoms with Crippen LogP contribution in [0.1, 0.15) is 33.1 Å². The average Bonchev–Trinajstić information content (AvgIpc) is 2.41. The Kier molecular flexibility index (Phi) is 1.04. The smallest absolute Gasteiger partial charge is 0.139 e. The lowest BCUT2D eigenvalue weighted by Crippen LogP contribution is -2.09. The Hall–Kier alpha value is -0.330. The van der Waals surface area contributed by atoms with Gasteiger partial charge in [0, 0.05) is 11.8 Å². The topological polar surface area (TPSA) is 17.1 Å². The summed E-state index contributed by atoms with van der Waals surface area (Å²) in [5.74, 6) is 1.94. The third-order valence-electron chi connectivity index (χ3n) is 2.83. The number of hydrogen-bond donors (Lipinski definition) is 0. The van der Waals surface area contributed by atoms with Gasteiger partial charge in [-0.05, 0) is 24.7 Å². The van der Waals surface area contributed by atoms with E-state index in [1.165, 1.54) is 12.8 Å². The van der Waals surface area contributed by atoms with Gasteiger partial charge in [-0.3, -0.25) is 4.79 Å². The molecule has 1 heteroatoms. The molecular formula is C9H14O. The lowest BCUT2D eigenvalue weighted by atomic mass is 9.99. The van der Waals surface area contributed by atoms with Crippen LogP contribution in [0.2, 0.25) is 0 Å². The van der Waals surface area contributed by atoms with E-state index in [4.69, 9.17) is 0 Å². The monoisotopic (exact) mass is 138 g/mol. The Morgan fingerprint density at radius 2 is 2.10 bits per heavy atom. The molecule has 0 aliphatic heterocycles. The second-order valence-corrected chi connectivity index (χ2v) is 4.28. The maximum atomic E-state index is 11.4. The Bertz CT molecular complexity index is 175. The molecule has 2 saturated carbocycles. The highest BCUT2D eigenvalue weighted by Crippen LogP contribution is 2.76. The van der Waals surface area contributed by atoms with E-state index in [0.717, 1.165) is 12.3 Å². The lowest BCUT2D eigenvalue weighted by molar-refractivity contribution is -0.122. The van der Waals surface area contributed by atoms with Crippen LogP contribution in [0, 0.1) is 17.3 Å². The van der Waals surface area contributed by atoms with Crippen LogP contribution in [0.15, 0.2) is 0 Å². The van der Waals surface area contributed by atoms with E-state index in [9.17, 15) is 4.79 Å². The lowest BCUT2D eigenvalue weighted by Gasteiger charge is -2.04. The molecule has 0 unspecified atom stereocenters. The first-order chi connectivity index (χ1) is 4.65. The van der Waals surface area contributed by atoms with Crippen LogP contribution in [-0.2, 0) is 4.79 Å². The largest absolute Gasteiger partial charge is 0.299 e. The van der Waals surface area contributed by atoms with E-state index >= 15 is 0 Å². The quantitative estimate of drug-likeness (QED) is 0.583. The highest BCUT2D eigenvalue weighted by Gasteiger charge is 2.73. The van der Waals surface area contributed by atoms with E-state index in [1.54, 1.807) is 0 Å². The van der Waals surface area contributed by atoms with Crippen molar-refractivity contribution >= 4 is 5.78 Å². The van der Waals surface area contributed by atoms with Gasteiger partial charge in [-0.25, -0.2) is 0 Å². The fourth-order valence-corrected chi connectivity index (χ4v) is 1.73. The SMILES string of the molecule is CC(C)CC(=O)C12CC1C2.